The van der Waals surface area contributed by atoms with Gasteiger partial charge in [-0.15, -0.1) is 0 Å². The molecule has 2 heterocycles. The van der Waals surface area contributed by atoms with Crippen LogP contribution >= 0.6 is 11.3 Å². The van der Waals surface area contributed by atoms with E-state index in [1.54, 1.807) is 35.8 Å². The minimum absolute atomic E-state index is 0. The van der Waals surface area contributed by atoms with Gasteiger partial charge in [-0.25, -0.2) is 9.78 Å². The number of hydrogen-bond donors (Lipinski definition) is 0. The average molecular weight is 330 g/mol. The fourth-order valence-corrected chi connectivity index (χ4v) is 2.49. The van der Waals surface area contributed by atoms with Gasteiger partial charge in [0.25, 0.3) is 0 Å². The standard InChI is InChI=1S/C12H8N2O2S.Rb/c15-10-9(8-4-2-1-3-5-8)11(16)14-6-7-17-12(14)13-10;/h1-7,15H;/q;+1. The first kappa shape index (κ1) is 14.1. The maximum absolute atomic E-state index is 12.2. The average Bonchev–Trinajstić information content (AvgIpc) is 2.78. The van der Waals surface area contributed by atoms with Crippen molar-refractivity contribution in [1.29, 1.82) is 0 Å². The monoisotopic (exact) mass is 329 g/mol. The summed E-state index contributed by atoms with van der Waals surface area (Å²) in [5, 5.41) is 13.7. The van der Waals surface area contributed by atoms with Crippen molar-refractivity contribution in [1.82, 2.24) is 4.40 Å². The Morgan fingerprint density at radius 3 is 2.67 bits per heavy atom. The van der Waals surface area contributed by atoms with Crippen molar-refractivity contribution in [3.8, 4) is 17.0 Å². The van der Waals surface area contributed by atoms with E-state index in [0.29, 0.717) is 10.5 Å². The molecule has 4 nitrogen and oxygen atoms in total. The Morgan fingerprint density at radius 1 is 1.22 bits per heavy atom. The molecule has 0 unspecified atom stereocenters. The molecule has 0 saturated heterocycles. The van der Waals surface area contributed by atoms with Crippen molar-refractivity contribution in [3.63, 3.8) is 0 Å². The smallest absolute Gasteiger partial charge is 0.842 e. The number of fused-ring (bicyclic) bond motifs is 1. The summed E-state index contributed by atoms with van der Waals surface area (Å²) in [6, 6.07) is 8.96. The number of nitrogens with one attached hydrogen (secondary N) is 1. The molecule has 1 N–H and O–H groups in total. The maximum atomic E-state index is 12.2. The molecule has 3 aromatic rings. The molecule has 0 atom stereocenters. The molecule has 6 heteroatoms. The first-order chi connectivity index (χ1) is 8.27. The first-order valence-electron chi connectivity index (χ1n) is 5.05. The van der Waals surface area contributed by atoms with Gasteiger partial charge in [0.1, 0.15) is 11.8 Å². The zero-order valence-electron chi connectivity index (χ0n) is 9.71. The number of rotatable bonds is 1. The number of nitrogens with zero attached hydrogens (tertiary/aromatic N) is 1. The molecule has 3 rings (SSSR count). The van der Waals surface area contributed by atoms with Gasteiger partial charge in [-0.1, -0.05) is 41.7 Å². The second-order valence-corrected chi connectivity index (χ2v) is 4.47. The summed E-state index contributed by atoms with van der Waals surface area (Å²) < 4.78 is 1.45. The van der Waals surface area contributed by atoms with Crippen molar-refractivity contribution in [2.75, 3.05) is 0 Å². The molecule has 0 bridgehead atoms. The van der Waals surface area contributed by atoms with Gasteiger partial charge in [0, 0.05) is 5.38 Å². The Labute approximate surface area is 156 Å². The van der Waals surface area contributed by atoms with Gasteiger partial charge in [0.2, 0.25) is 0 Å². The zero-order chi connectivity index (χ0) is 11.8. The van der Waals surface area contributed by atoms with E-state index in [2.05, 4.69) is 4.98 Å². The molecule has 0 amide bonds. The van der Waals surface area contributed by atoms with Gasteiger partial charge < -0.3 is 5.11 Å². The van der Waals surface area contributed by atoms with Crippen LogP contribution in [0, 0.1) is 0 Å². The molecule has 0 aliphatic carbocycles. The van der Waals surface area contributed by atoms with Crippen molar-refractivity contribution in [2.24, 2.45) is 0 Å². The summed E-state index contributed by atoms with van der Waals surface area (Å²) in [4.78, 5) is 15.4. The number of H-pyrrole nitrogens is 1. The number of benzene rings is 1. The number of aromatic nitrogens is 2. The fourth-order valence-electron chi connectivity index (χ4n) is 1.77. The van der Waals surface area contributed by atoms with Crippen LogP contribution < -0.4 is 73.8 Å². The molecular formula is C12H8N2O2RbS+. The Bertz CT molecular complexity index is 737. The van der Waals surface area contributed by atoms with Crippen LogP contribution in [0.15, 0.2) is 46.7 Å². The van der Waals surface area contributed by atoms with E-state index in [4.69, 9.17) is 0 Å². The van der Waals surface area contributed by atoms with Crippen LogP contribution in [0.5, 0.6) is 5.88 Å². The number of aromatic amines is 1. The molecule has 0 spiro atoms. The van der Waals surface area contributed by atoms with Gasteiger partial charge in [0.05, 0.1) is 5.88 Å². The topological polar surface area (TPSA) is 58.7 Å². The van der Waals surface area contributed by atoms with E-state index in [0.717, 1.165) is 0 Å². The third kappa shape index (κ3) is 2.37. The zero-order valence-corrected chi connectivity index (χ0v) is 15.4. The molecule has 0 fully saturated rings. The number of thiazole rings is 1. The third-order valence-corrected chi connectivity index (χ3v) is 3.33. The SMILES string of the molecule is O=c1c(-c2ccccc2)c([O-])[nH+]c2sccn12.[Rb+]. The van der Waals surface area contributed by atoms with E-state index < -0.39 is 0 Å². The fraction of sp³-hybridized carbons (Fsp3) is 0. The van der Waals surface area contributed by atoms with Crippen LogP contribution in [0.1, 0.15) is 0 Å². The van der Waals surface area contributed by atoms with E-state index in [9.17, 15) is 9.90 Å². The van der Waals surface area contributed by atoms with Crippen molar-refractivity contribution in [3.05, 3.63) is 52.3 Å². The molecular weight excluding hydrogens is 322 g/mol. The summed E-state index contributed by atoms with van der Waals surface area (Å²) in [5.74, 6) is -0.344. The Balaban J connectivity index is 0.00000120. The van der Waals surface area contributed by atoms with Crippen molar-refractivity contribution < 1.29 is 68.3 Å². The van der Waals surface area contributed by atoms with E-state index in [1.165, 1.54) is 15.7 Å². The first-order valence-corrected chi connectivity index (χ1v) is 5.93. The largest absolute Gasteiger partial charge is 1.00 e. The van der Waals surface area contributed by atoms with Crippen molar-refractivity contribution >= 4 is 16.3 Å². The quantitative estimate of drug-likeness (QED) is 0.514. The predicted octanol–water partition coefficient (Wildman–Crippen LogP) is -2.08. The van der Waals surface area contributed by atoms with Crippen LogP contribution in [0.4, 0.5) is 0 Å². The summed E-state index contributed by atoms with van der Waals surface area (Å²) in [6.07, 6.45) is 1.66. The molecule has 2 aromatic heterocycles. The minimum atomic E-state index is -0.344. The van der Waals surface area contributed by atoms with Gasteiger partial charge in [0.15, 0.2) is 0 Å². The Hall–Kier alpha value is -0.335. The Morgan fingerprint density at radius 2 is 1.94 bits per heavy atom. The summed E-state index contributed by atoms with van der Waals surface area (Å²) >= 11 is 1.33. The molecule has 0 aliphatic heterocycles. The normalized spacial score (nSPS) is 10.2. The van der Waals surface area contributed by atoms with Crippen LogP contribution in [0.3, 0.4) is 0 Å². The van der Waals surface area contributed by atoms with Gasteiger partial charge in [-0.3, -0.25) is 0 Å². The van der Waals surface area contributed by atoms with Crippen LogP contribution in [0.2, 0.25) is 0 Å². The second kappa shape index (κ2) is 5.75. The molecule has 0 aliphatic rings. The molecule has 1 aromatic carbocycles. The Kier molecular flexibility index (Phi) is 4.50. The van der Waals surface area contributed by atoms with Gasteiger partial charge >= 0.3 is 68.7 Å². The van der Waals surface area contributed by atoms with E-state index in [1.807, 2.05) is 6.07 Å². The van der Waals surface area contributed by atoms with E-state index in [-0.39, 0.29) is 75.2 Å². The summed E-state index contributed by atoms with van der Waals surface area (Å²) in [7, 11) is 0. The molecule has 84 valence electrons. The molecule has 18 heavy (non-hydrogen) atoms. The summed E-state index contributed by atoms with van der Waals surface area (Å²) in [5.41, 5.74) is 0.539. The second-order valence-electron chi connectivity index (χ2n) is 3.58. The van der Waals surface area contributed by atoms with Crippen LogP contribution in [0.25, 0.3) is 16.1 Å². The molecule has 0 radical (unpaired) electrons. The number of hydrogen-bond acceptors (Lipinski definition) is 3. The maximum Gasteiger partial charge on any atom is 1.00 e. The van der Waals surface area contributed by atoms with Crippen LogP contribution in [-0.4, -0.2) is 4.40 Å². The van der Waals surface area contributed by atoms with Gasteiger partial charge in [-0.2, -0.15) is 4.40 Å². The van der Waals surface area contributed by atoms with Crippen molar-refractivity contribution in [2.45, 2.75) is 0 Å². The predicted molar refractivity (Wildman–Crippen MR) is 63.0 cm³/mol. The molecule has 0 saturated carbocycles. The summed E-state index contributed by atoms with van der Waals surface area (Å²) in [6.45, 7) is 0. The minimum Gasteiger partial charge on any atom is -0.842 e. The van der Waals surface area contributed by atoms with E-state index >= 15 is 0 Å². The van der Waals surface area contributed by atoms with Gasteiger partial charge in [-0.05, 0) is 5.56 Å². The third-order valence-electron chi connectivity index (χ3n) is 2.55. The van der Waals surface area contributed by atoms with Crippen LogP contribution in [-0.2, 0) is 0 Å².